The van der Waals surface area contributed by atoms with Crippen LogP contribution in [0.1, 0.15) is 11.1 Å². The molecule has 1 aliphatic heterocycles. The molecular weight excluding hydrogens is 394 g/mol. The predicted octanol–water partition coefficient (Wildman–Crippen LogP) is 2.52. The number of hydrazone groups is 1. The molecule has 152 valence electrons. The molecule has 29 heavy (non-hydrogen) atoms. The molecule has 1 amide bonds. The van der Waals surface area contributed by atoms with Gasteiger partial charge in [0.15, 0.2) is 0 Å². The highest BCUT2D eigenvalue weighted by Crippen LogP contribution is 2.24. The number of nitro groups is 1. The summed E-state index contributed by atoms with van der Waals surface area (Å²) < 4.78 is 0. The van der Waals surface area contributed by atoms with Crippen LogP contribution in [0.2, 0.25) is 5.02 Å². The highest BCUT2D eigenvalue weighted by atomic mass is 35.5. The standard InChI is InChI=1S/C20H22ClN5O3/c21-18-7-6-17(12-19(18)26(28)29)13-22-23-20(27)15-25-10-8-24(9-11-25)14-16-4-2-1-3-5-16/h1-7,12-13H,8-11,14-15H2,(H,23,27). The van der Waals surface area contributed by atoms with Gasteiger partial charge < -0.3 is 0 Å². The Kier molecular flexibility index (Phi) is 7.29. The van der Waals surface area contributed by atoms with E-state index >= 15 is 0 Å². The number of hydrogen-bond donors (Lipinski definition) is 1. The number of amides is 1. The Bertz CT molecular complexity index is 883. The highest BCUT2D eigenvalue weighted by Gasteiger charge is 2.19. The molecule has 1 fully saturated rings. The molecule has 3 rings (SSSR count). The van der Waals surface area contributed by atoms with Gasteiger partial charge in [-0.1, -0.05) is 48.0 Å². The van der Waals surface area contributed by atoms with E-state index < -0.39 is 4.92 Å². The molecule has 0 saturated carbocycles. The van der Waals surface area contributed by atoms with Gasteiger partial charge in [-0.15, -0.1) is 0 Å². The maximum atomic E-state index is 12.1. The Morgan fingerprint density at radius 1 is 1.14 bits per heavy atom. The molecule has 0 radical (unpaired) electrons. The Labute approximate surface area is 173 Å². The Morgan fingerprint density at radius 2 is 1.83 bits per heavy atom. The van der Waals surface area contributed by atoms with Crippen LogP contribution in [-0.4, -0.2) is 59.6 Å². The van der Waals surface area contributed by atoms with Crippen LogP contribution in [0.15, 0.2) is 53.6 Å². The van der Waals surface area contributed by atoms with Crippen molar-refractivity contribution in [2.45, 2.75) is 6.54 Å². The van der Waals surface area contributed by atoms with E-state index in [4.69, 9.17) is 11.6 Å². The van der Waals surface area contributed by atoms with Gasteiger partial charge in [0.1, 0.15) is 5.02 Å². The van der Waals surface area contributed by atoms with Crippen molar-refractivity contribution >= 4 is 29.4 Å². The van der Waals surface area contributed by atoms with Gasteiger partial charge in [-0.3, -0.25) is 24.7 Å². The minimum atomic E-state index is -0.560. The van der Waals surface area contributed by atoms with E-state index in [0.29, 0.717) is 5.56 Å². The Morgan fingerprint density at radius 3 is 2.52 bits per heavy atom. The fourth-order valence-electron chi connectivity index (χ4n) is 3.11. The molecule has 1 aliphatic rings. The number of halogens is 1. The lowest BCUT2D eigenvalue weighted by molar-refractivity contribution is -0.384. The first-order valence-corrected chi connectivity index (χ1v) is 9.63. The van der Waals surface area contributed by atoms with E-state index in [0.717, 1.165) is 32.7 Å². The van der Waals surface area contributed by atoms with Crippen molar-refractivity contribution in [1.82, 2.24) is 15.2 Å². The molecule has 0 bridgehead atoms. The second-order valence-electron chi connectivity index (χ2n) is 6.80. The first-order valence-electron chi connectivity index (χ1n) is 9.26. The lowest BCUT2D eigenvalue weighted by Crippen LogP contribution is -2.48. The first kappa shape index (κ1) is 20.9. The lowest BCUT2D eigenvalue weighted by atomic mass is 10.2. The predicted molar refractivity (Wildman–Crippen MR) is 112 cm³/mol. The average molecular weight is 416 g/mol. The average Bonchev–Trinajstić information content (AvgIpc) is 2.71. The lowest BCUT2D eigenvalue weighted by Gasteiger charge is -2.34. The minimum absolute atomic E-state index is 0.0580. The molecule has 0 atom stereocenters. The van der Waals surface area contributed by atoms with Crippen molar-refractivity contribution in [1.29, 1.82) is 0 Å². The second-order valence-corrected chi connectivity index (χ2v) is 7.21. The van der Waals surface area contributed by atoms with Crippen molar-refractivity contribution in [2.75, 3.05) is 32.7 Å². The zero-order valence-corrected chi connectivity index (χ0v) is 16.6. The summed E-state index contributed by atoms with van der Waals surface area (Å²) >= 11 is 5.77. The van der Waals surface area contributed by atoms with Crippen LogP contribution in [0.25, 0.3) is 0 Å². The fourth-order valence-corrected chi connectivity index (χ4v) is 3.30. The summed E-state index contributed by atoms with van der Waals surface area (Å²) in [5, 5.41) is 14.8. The second kappa shape index (κ2) is 10.1. The van der Waals surface area contributed by atoms with Crippen LogP contribution in [0.4, 0.5) is 5.69 Å². The third-order valence-electron chi connectivity index (χ3n) is 4.65. The van der Waals surface area contributed by atoms with Crippen molar-refractivity contribution < 1.29 is 9.72 Å². The number of nitrogens with one attached hydrogen (secondary N) is 1. The Balaban J connectivity index is 1.42. The third kappa shape index (κ3) is 6.35. The normalized spacial score (nSPS) is 15.5. The minimum Gasteiger partial charge on any atom is -0.297 e. The van der Waals surface area contributed by atoms with Gasteiger partial charge in [0.2, 0.25) is 0 Å². The number of nitrogens with zero attached hydrogens (tertiary/aromatic N) is 4. The monoisotopic (exact) mass is 415 g/mol. The van der Waals surface area contributed by atoms with Crippen LogP contribution in [0.5, 0.6) is 0 Å². The summed E-state index contributed by atoms with van der Waals surface area (Å²) in [7, 11) is 0. The van der Waals surface area contributed by atoms with Gasteiger partial charge in [0, 0.05) is 44.4 Å². The van der Waals surface area contributed by atoms with Crippen LogP contribution in [0.3, 0.4) is 0 Å². The third-order valence-corrected chi connectivity index (χ3v) is 4.97. The van der Waals surface area contributed by atoms with E-state index in [1.807, 2.05) is 18.2 Å². The van der Waals surface area contributed by atoms with Crippen molar-refractivity contribution in [3.63, 3.8) is 0 Å². The summed E-state index contributed by atoms with van der Waals surface area (Å²) in [4.78, 5) is 26.9. The molecule has 0 aliphatic carbocycles. The van der Waals surface area contributed by atoms with Crippen LogP contribution >= 0.6 is 11.6 Å². The van der Waals surface area contributed by atoms with Crippen molar-refractivity contribution in [2.24, 2.45) is 5.10 Å². The van der Waals surface area contributed by atoms with Gasteiger partial charge in [-0.25, -0.2) is 5.43 Å². The Hall–Kier alpha value is -2.81. The molecule has 2 aromatic carbocycles. The molecule has 1 heterocycles. The topological polar surface area (TPSA) is 91.1 Å². The molecule has 1 N–H and O–H groups in total. The molecule has 8 nitrogen and oxygen atoms in total. The smallest absolute Gasteiger partial charge is 0.288 e. The van der Waals surface area contributed by atoms with Crippen LogP contribution in [-0.2, 0) is 11.3 Å². The summed E-state index contributed by atoms with van der Waals surface area (Å²) in [5.41, 5.74) is 4.04. The summed E-state index contributed by atoms with van der Waals surface area (Å²) in [5.74, 6) is -0.221. The van der Waals surface area contributed by atoms with E-state index in [2.05, 4.69) is 32.5 Å². The molecule has 1 saturated heterocycles. The largest absolute Gasteiger partial charge is 0.297 e. The van der Waals surface area contributed by atoms with E-state index in [1.54, 1.807) is 6.07 Å². The summed E-state index contributed by atoms with van der Waals surface area (Å²) in [6.07, 6.45) is 1.36. The zero-order chi connectivity index (χ0) is 20.6. The number of benzene rings is 2. The molecule has 0 aromatic heterocycles. The quantitative estimate of drug-likeness (QED) is 0.426. The van der Waals surface area contributed by atoms with Gasteiger partial charge in [-0.05, 0) is 11.6 Å². The van der Waals surface area contributed by atoms with Gasteiger partial charge in [0.25, 0.3) is 11.6 Å². The fraction of sp³-hybridized carbons (Fsp3) is 0.300. The zero-order valence-electron chi connectivity index (χ0n) is 15.8. The number of rotatable bonds is 7. The van der Waals surface area contributed by atoms with Gasteiger partial charge in [-0.2, -0.15) is 5.10 Å². The van der Waals surface area contributed by atoms with E-state index in [9.17, 15) is 14.9 Å². The SMILES string of the molecule is O=C(CN1CCN(Cc2ccccc2)CC1)NN=Cc1ccc(Cl)c([N+](=O)[O-])c1. The van der Waals surface area contributed by atoms with Crippen molar-refractivity contribution in [3.8, 4) is 0 Å². The van der Waals surface area contributed by atoms with Crippen molar-refractivity contribution in [3.05, 3.63) is 74.8 Å². The molecule has 0 spiro atoms. The van der Waals surface area contributed by atoms with E-state index in [1.165, 1.54) is 23.9 Å². The maximum absolute atomic E-state index is 12.1. The van der Waals surface area contributed by atoms with Crippen LogP contribution < -0.4 is 5.43 Å². The highest BCUT2D eigenvalue weighted by molar-refractivity contribution is 6.32. The molecule has 9 heteroatoms. The van der Waals surface area contributed by atoms with Gasteiger partial charge in [0.05, 0.1) is 17.7 Å². The maximum Gasteiger partial charge on any atom is 0.288 e. The molecular formula is C20H22ClN5O3. The number of carbonyl (C=O) groups excluding carboxylic acids is 1. The summed E-state index contributed by atoms with van der Waals surface area (Å²) in [6, 6.07) is 14.7. The van der Waals surface area contributed by atoms with Gasteiger partial charge >= 0.3 is 0 Å². The van der Waals surface area contributed by atoms with E-state index in [-0.39, 0.29) is 23.2 Å². The molecule has 2 aromatic rings. The first-order chi connectivity index (χ1) is 14.0. The molecule has 0 unspecified atom stereocenters. The number of piperazine rings is 1. The van der Waals surface area contributed by atoms with Crippen LogP contribution in [0, 0.1) is 10.1 Å². The summed E-state index contributed by atoms with van der Waals surface area (Å²) in [6.45, 7) is 4.61. The number of carbonyl (C=O) groups is 1. The number of hydrogen-bond acceptors (Lipinski definition) is 6. The number of nitro benzene ring substituents is 1.